The van der Waals surface area contributed by atoms with Gasteiger partial charge in [-0.15, -0.1) is 0 Å². The normalized spacial score (nSPS) is 24.6. The van der Waals surface area contributed by atoms with Crippen molar-refractivity contribution in [1.29, 1.82) is 0 Å². The maximum Gasteiger partial charge on any atom is 0.322 e. The summed E-state index contributed by atoms with van der Waals surface area (Å²) in [5.74, 6) is -1.18. The van der Waals surface area contributed by atoms with Crippen molar-refractivity contribution in [3.05, 3.63) is 70.8 Å². The van der Waals surface area contributed by atoms with E-state index in [0.29, 0.717) is 38.0 Å². The Morgan fingerprint density at radius 3 is 1.89 bits per heavy atom. The van der Waals surface area contributed by atoms with Crippen molar-refractivity contribution in [2.45, 2.75) is 70.6 Å². The van der Waals surface area contributed by atoms with Crippen LogP contribution in [-0.4, -0.2) is 30.9 Å². The van der Waals surface area contributed by atoms with Gasteiger partial charge in [0.1, 0.15) is 11.5 Å². The number of ether oxygens (including phenoxy) is 3. The Bertz CT molecular complexity index is 1210. The van der Waals surface area contributed by atoms with Gasteiger partial charge >= 0.3 is 11.9 Å². The van der Waals surface area contributed by atoms with E-state index in [0.717, 1.165) is 53.9 Å². The number of ketones is 1. The van der Waals surface area contributed by atoms with Gasteiger partial charge in [-0.1, -0.05) is 56.5 Å². The van der Waals surface area contributed by atoms with Gasteiger partial charge in [-0.3, -0.25) is 14.4 Å². The second kappa shape index (κ2) is 11.5. The predicted molar refractivity (Wildman–Crippen MR) is 143 cm³/mol. The Balaban J connectivity index is 1.39. The van der Waals surface area contributed by atoms with E-state index in [9.17, 15) is 14.4 Å². The highest BCUT2D eigenvalue weighted by molar-refractivity contribution is 6.09. The van der Waals surface area contributed by atoms with Crippen LogP contribution < -0.4 is 9.47 Å². The molecule has 4 atom stereocenters. The number of cyclic esters (lactones) is 2. The largest absolute Gasteiger partial charge is 0.494 e. The Kier molecular flexibility index (Phi) is 7.96. The van der Waals surface area contributed by atoms with Crippen LogP contribution in [0.1, 0.15) is 81.8 Å². The number of carbonyl (C=O) groups excluding carboxylic acids is 3. The van der Waals surface area contributed by atoms with Crippen molar-refractivity contribution in [2.75, 3.05) is 13.2 Å². The molecule has 3 aliphatic rings. The summed E-state index contributed by atoms with van der Waals surface area (Å²) in [6.07, 6.45) is 5.73. The molecule has 0 aromatic heterocycles. The number of hydrogen-bond acceptors (Lipinski definition) is 6. The summed E-state index contributed by atoms with van der Waals surface area (Å²) in [7, 11) is 0. The number of unbranched alkanes of at least 4 members (excludes halogenated alkanes) is 2. The number of fused-ring (bicyclic) bond motifs is 2. The first-order valence-electron chi connectivity index (χ1n) is 14.0. The maximum atomic E-state index is 13.4. The number of benzene rings is 2. The molecule has 6 heteroatoms. The van der Waals surface area contributed by atoms with Crippen LogP contribution in [0.25, 0.3) is 0 Å². The quantitative estimate of drug-likeness (QED) is 0.210. The third-order valence-electron chi connectivity index (χ3n) is 8.10. The molecule has 0 unspecified atom stereocenters. The van der Waals surface area contributed by atoms with Gasteiger partial charge in [0.2, 0.25) is 0 Å². The fourth-order valence-corrected chi connectivity index (χ4v) is 6.07. The van der Waals surface area contributed by atoms with Crippen molar-refractivity contribution in [1.82, 2.24) is 0 Å². The van der Waals surface area contributed by atoms with Crippen LogP contribution in [0.2, 0.25) is 0 Å². The number of hydrogen-bond donors (Lipinski definition) is 0. The number of allylic oxidation sites excluding steroid dienone is 1. The minimum atomic E-state index is -0.806. The second-order valence-electron chi connectivity index (χ2n) is 10.6. The zero-order valence-corrected chi connectivity index (χ0v) is 22.2. The Morgan fingerprint density at radius 1 is 0.737 bits per heavy atom. The molecule has 200 valence electrons. The molecule has 0 radical (unpaired) electrons. The molecule has 0 N–H and O–H groups in total. The number of rotatable bonds is 10. The standard InChI is InChI=1S/C32H36O6/c1-3-5-15-36-24-11-7-20(8-12-24)22-17-23-18-26(21-9-13-25(14-10-21)37-16-6-4-2)29-30(28(23)27(33)19-22)32(35)38-31(29)34/h7-14,22,26,29-30H,3-6,15-19H2,1-2H3/t22-,26+,29-,30+/m0/s1. The van der Waals surface area contributed by atoms with E-state index in [4.69, 9.17) is 14.2 Å². The van der Waals surface area contributed by atoms with Crippen molar-refractivity contribution in [2.24, 2.45) is 11.8 Å². The zero-order valence-electron chi connectivity index (χ0n) is 22.2. The van der Waals surface area contributed by atoms with E-state index < -0.39 is 23.8 Å². The van der Waals surface area contributed by atoms with Gasteiger partial charge in [0, 0.05) is 17.9 Å². The van der Waals surface area contributed by atoms with Crippen LogP contribution in [-0.2, 0) is 19.1 Å². The lowest BCUT2D eigenvalue weighted by atomic mass is 9.62. The van der Waals surface area contributed by atoms with Gasteiger partial charge in [-0.25, -0.2) is 0 Å². The van der Waals surface area contributed by atoms with E-state index in [1.165, 1.54) is 0 Å². The third kappa shape index (κ3) is 5.27. The lowest BCUT2D eigenvalue weighted by Crippen LogP contribution is -2.37. The van der Waals surface area contributed by atoms with Gasteiger partial charge in [0.05, 0.1) is 25.0 Å². The molecule has 1 aliphatic heterocycles. The lowest BCUT2D eigenvalue weighted by Gasteiger charge is -2.37. The average molecular weight is 517 g/mol. The van der Waals surface area contributed by atoms with E-state index in [-0.39, 0.29) is 17.6 Å². The third-order valence-corrected chi connectivity index (χ3v) is 8.10. The number of esters is 2. The Morgan fingerprint density at radius 2 is 1.32 bits per heavy atom. The molecule has 2 aliphatic carbocycles. The average Bonchev–Trinajstić information content (AvgIpc) is 3.22. The van der Waals surface area contributed by atoms with Crippen LogP contribution in [0.3, 0.4) is 0 Å². The molecule has 6 nitrogen and oxygen atoms in total. The van der Waals surface area contributed by atoms with Crippen molar-refractivity contribution >= 4 is 17.7 Å². The van der Waals surface area contributed by atoms with Gasteiger partial charge in [0.15, 0.2) is 5.78 Å². The highest BCUT2D eigenvalue weighted by Gasteiger charge is 2.56. The van der Waals surface area contributed by atoms with Gasteiger partial charge in [0.25, 0.3) is 0 Å². The molecule has 0 spiro atoms. The van der Waals surface area contributed by atoms with Gasteiger partial charge in [-0.2, -0.15) is 0 Å². The fraction of sp³-hybridized carbons (Fsp3) is 0.469. The Hall–Kier alpha value is -3.41. The maximum absolute atomic E-state index is 13.4. The van der Waals surface area contributed by atoms with E-state index >= 15 is 0 Å². The van der Waals surface area contributed by atoms with E-state index in [2.05, 4.69) is 13.8 Å². The summed E-state index contributed by atoms with van der Waals surface area (Å²) in [5.41, 5.74) is 3.56. The van der Waals surface area contributed by atoms with Crippen LogP contribution in [0.15, 0.2) is 59.7 Å². The first kappa shape index (κ1) is 26.2. The topological polar surface area (TPSA) is 78.9 Å². The highest BCUT2D eigenvalue weighted by Crippen LogP contribution is 2.53. The molecule has 0 amide bonds. The molecule has 5 rings (SSSR count). The zero-order chi connectivity index (χ0) is 26.6. The SMILES string of the molecule is CCCCOc1ccc([C@@H]2CC(=O)C3=C(C2)C[C@H](c2ccc(OCCCC)cc2)[C@@H]2C(=O)OC(=O)[C@H]32)cc1. The summed E-state index contributed by atoms with van der Waals surface area (Å²) in [5, 5.41) is 0. The molecule has 38 heavy (non-hydrogen) atoms. The molecule has 2 aromatic rings. The molecule has 1 heterocycles. The first-order chi connectivity index (χ1) is 18.5. The molecular formula is C32H36O6. The van der Waals surface area contributed by atoms with Crippen LogP contribution in [0.5, 0.6) is 11.5 Å². The number of Topliss-reactive ketones (excluding diaryl/α,β-unsaturated/α-hetero) is 1. The van der Waals surface area contributed by atoms with E-state index in [1.54, 1.807) is 0 Å². The van der Waals surface area contributed by atoms with E-state index in [1.807, 2.05) is 48.5 Å². The minimum absolute atomic E-state index is 0.0330. The molecule has 0 saturated carbocycles. The molecular weight excluding hydrogens is 480 g/mol. The molecule has 1 fully saturated rings. The summed E-state index contributed by atoms with van der Waals surface area (Å²) in [6, 6.07) is 15.8. The Labute approximate surface area is 224 Å². The summed E-state index contributed by atoms with van der Waals surface area (Å²) < 4.78 is 16.7. The summed E-state index contributed by atoms with van der Waals surface area (Å²) >= 11 is 0. The fourth-order valence-electron chi connectivity index (χ4n) is 6.07. The van der Waals surface area contributed by atoms with Crippen LogP contribution in [0, 0.1) is 11.8 Å². The highest BCUT2D eigenvalue weighted by atomic mass is 16.6. The number of carbonyl (C=O) groups is 3. The molecule has 2 aromatic carbocycles. The van der Waals surface area contributed by atoms with Gasteiger partial charge in [-0.05, 0) is 67.0 Å². The van der Waals surface area contributed by atoms with Crippen molar-refractivity contribution in [3.8, 4) is 11.5 Å². The smallest absolute Gasteiger partial charge is 0.322 e. The molecule has 1 saturated heterocycles. The summed E-state index contributed by atoms with van der Waals surface area (Å²) in [6.45, 7) is 5.61. The second-order valence-corrected chi connectivity index (χ2v) is 10.6. The van der Waals surface area contributed by atoms with Crippen molar-refractivity contribution < 1.29 is 28.6 Å². The van der Waals surface area contributed by atoms with Crippen molar-refractivity contribution in [3.63, 3.8) is 0 Å². The predicted octanol–water partition coefficient (Wildman–Crippen LogP) is 6.29. The molecule has 0 bridgehead atoms. The van der Waals surface area contributed by atoms with Crippen LogP contribution in [0.4, 0.5) is 0 Å². The lowest BCUT2D eigenvalue weighted by molar-refractivity contribution is -0.153. The minimum Gasteiger partial charge on any atom is -0.494 e. The monoisotopic (exact) mass is 516 g/mol. The summed E-state index contributed by atoms with van der Waals surface area (Å²) in [4.78, 5) is 39.1. The van der Waals surface area contributed by atoms with Crippen LogP contribution >= 0.6 is 0 Å². The van der Waals surface area contributed by atoms with Gasteiger partial charge < -0.3 is 14.2 Å². The first-order valence-corrected chi connectivity index (χ1v) is 14.0.